The molecule has 4 rings (SSSR count). The van der Waals surface area contributed by atoms with Crippen molar-refractivity contribution in [2.45, 2.75) is 32.2 Å². The van der Waals surface area contributed by atoms with Crippen molar-refractivity contribution in [2.75, 3.05) is 5.32 Å². The highest BCUT2D eigenvalue weighted by molar-refractivity contribution is 5.60. The van der Waals surface area contributed by atoms with E-state index in [1.165, 1.54) is 12.8 Å². The molecule has 0 saturated heterocycles. The molecule has 0 unspecified atom stereocenters. The van der Waals surface area contributed by atoms with E-state index < -0.39 is 0 Å². The van der Waals surface area contributed by atoms with Crippen molar-refractivity contribution < 1.29 is 4.52 Å². The van der Waals surface area contributed by atoms with E-state index in [4.69, 9.17) is 4.52 Å². The molecule has 0 aliphatic heterocycles. The van der Waals surface area contributed by atoms with Crippen molar-refractivity contribution in [1.82, 2.24) is 19.9 Å². The van der Waals surface area contributed by atoms with Gasteiger partial charge in [0, 0.05) is 17.8 Å². The molecule has 0 spiro atoms. The van der Waals surface area contributed by atoms with Gasteiger partial charge in [-0.05, 0) is 38.0 Å². The summed E-state index contributed by atoms with van der Waals surface area (Å²) in [6.07, 6.45) is 4.15. The third-order valence-corrected chi connectivity index (χ3v) is 3.82. The minimum Gasteiger partial charge on any atom is -0.374 e. The number of para-hydroxylation sites is 2. The number of hydrogen-bond acceptors (Lipinski definition) is 5. The lowest BCUT2D eigenvalue weighted by Gasteiger charge is -2.11. The average Bonchev–Trinajstić information content (AvgIpc) is 3.13. The zero-order valence-electron chi connectivity index (χ0n) is 12.4. The number of rotatable bonds is 5. The Morgan fingerprint density at radius 3 is 2.91 bits per heavy atom. The molecule has 0 amide bonds. The van der Waals surface area contributed by atoms with Crippen LogP contribution >= 0.6 is 0 Å². The Balaban J connectivity index is 1.54. The van der Waals surface area contributed by atoms with Crippen molar-refractivity contribution in [2.24, 2.45) is 0 Å². The van der Waals surface area contributed by atoms with Gasteiger partial charge in [0.05, 0.1) is 17.9 Å². The molecular formula is C16H17N5O. The lowest BCUT2D eigenvalue weighted by Crippen LogP contribution is -2.06. The fourth-order valence-electron chi connectivity index (χ4n) is 2.45. The van der Waals surface area contributed by atoms with Gasteiger partial charge in [-0.25, -0.2) is 4.68 Å². The molecule has 2 heterocycles. The van der Waals surface area contributed by atoms with Crippen molar-refractivity contribution in [3.63, 3.8) is 0 Å². The quantitative estimate of drug-likeness (QED) is 0.783. The number of anilines is 1. The SMILES string of the molecule is Cc1ccnn1-c1ccccc1NCc1nc(C2CC2)no1. The monoisotopic (exact) mass is 295 g/mol. The van der Waals surface area contributed by atoms with E-state index in [1.54, 1.807) is 6.20 Å². The molecule has 3 aromatic rings. The summed E-state index contributed by atoms with van der Waals surface area (Å²) in [6, 6.07) is 10.0. The van der Waals surface area contributed by atoms with Crippen molar-refractivity contribution in [3.05, 3.63) is 53.9 Å². The summed E-state index contributed by atoms with van der Waals surface area (Å²) in [4.78, 5) is 4.43. The van der Waals surface area contributed by atoms with Gasteiger partial charge < -0.3 is 9.84 Å². The van der Waals surface area contributed by atoms with Crippen LogP contribution in [-0.4, -0.2) is 19.9 Å². The molecule has 1 fully saturated rings. The first-order valence-corrected chi connectivity index (χ1v) is 7.47. The van der Waals surface area contributed by atoms with Gasteiger partial charge in [0.25, 0.3) is 0 Å². The zero-order valence-corrected chi connectivity index (χ0v) is 12.4. The second-order valence-electron chi connectivity index (χ2n) is 5.58. The smallest absolute Gasteiger partial charge is 0.245 e. The highest BCUT2D eigenvalue weighted by atomic mass is 16.5. The average molecular weight is 295 g/mol. The Morgan fingerprint density at radius 1 is 1.27 bits per heavy atom. The Morgan fingerprint density at radius 2 is 2.14 bits per heavy atom. The minimum absolute atomic E-state index is 0.511. The number of aromatic nitrogens is 4. The molecule has 1 aromatic carbocycles. The molecule has 22 heavy (non-hydrogen) atoms. The molecule has 6 heteroatoms. The number of nitrogens with one attached hydrogen (secondary N) is 1. The molecule has 0 atom stereocenters. The van der Waals surface area contributed by atoms with E-state index in [1.807, 2.05) is 41.9 Å². The summed E-state index contributed by atoms with van der Waals surface area (Å²) in [5.74, 6) is 1.97. The van der Waals surface area contributed by atoms with E-state index in [0.717, 1.165) is 22.9 Å². The van der Waals surface area contributed by atoms with Crippen LogP contribution in [0.4, 0.5) is 5.69 Å². The summed E-state index contributed by atoms with van der Waals surface area (Å²) in [7, 11) is 0. The highest BCUT2D eigenvalue weighted by Crippen LogP contribution is 2.38. The van der Waals surface area contributed by atoms with E-state index in [0.29, 0.717) is 18.4 Å². The third-order valence-electron chi connectivity index (χ3n) is 3.82. The number of nitrogens with zero attached hydrogens (tertiary/aromatic N) is 4. The number of benzene rings is 1. The summed E-state index contributed by atoms with van der Waals surface area (Å²) >= 11 is 0. The molecule has 1 N–H and O–H groups in total. The molecular weight excluding hydrogens is 278 g/mol. The van der Waals surface area contributed by atoms with Crippen molar-refractivity contribution in [3.8, 4) is 5.69 Å². The number of hydrogen-bond donors (Lipinski definition) is 1. The Hall–Kier alpha value is -2.63. The van der Waals surface area contributed by atoms with Crippen LogP contribution < -0.4 is 5.32 Å². The van der Waals surface area contributed by atoms with E-state index in [9.17, 15) is 0 Å². The third kappa shape index (κ3) is 2.47. The van der Waals surface area contributed by atoms with Crippen LogP contribution in [0, 0.1) is 6.92 Å². The molecule has 0 bridgehead atoms. The fraction of sp³-hybridized carbons (Fsp3) is 0.312. The highest BCUT2D eigenvalue weighted by Gasteiger charge is 2.28. The summed E-state index contributed by atoms with van der Waals surface area (Å²) in [5.41, 5.74) is 3.08. The maximum atomic E-state index is 5.30. The second kappa shape index (κ2) is 5.29. The van der Waals surface area contributed by atoms with E-state index in [2.05, 4.69) is 20.6 Å². The van der Waals surface area contributed by atoms with Crippen LogP contribution in [0.1, 0.15) is 36.2 Å². The van der Waals surface area contributed by atoms with Gasteiger partial charge in [0.15, 0.2) is 5.82 Å². The topological polar surface area (TPSA) is 68.8 Å². The van der Waals surface area contributed by atoms with Crippen LogP contribution in [0.2, 0.25) is 0 Å². The first kappa shape index (κ1) is 13.1. The molecule has 1 aliphatic rings. The molecule has 112 valence electrons. The van der Waals surface area contributed by atoms with Crippen LogP contribution in [0.3, 0.4) is 0 Å². The van der Waals surface area contributed by atoms with E-state index in [-0.39, 0.29) is 0 Å². The Kier molecular flexibility index (Phi) is 3.14. The number of aryl methyl sites for hydroxylation is 1. The van der Waals surface area contributed by atoms with Gasteiger partial charge >= 0.3 is 0 Å². The van der Waals surface area contributed by atoms with Crippen LogP contribution in [0.15, 0.2) is 41.1 Å². The van der Waals surface area contributed by atoms with Gasteiger partial charge in [0.2, 0.25) is 5.89 Å². The predicted octanol–water partition coefficient (Wildman–Crippen LogP) is 3.05. The summed E-state index contributed by atoms with van der Waals surface area (Å²) in [6.45, 7) is 2.54. The fourth-order valence-corrected chi connectivity index (χ4v) is 2.45. The predicted molar refractivity (Wildman–Crippen MR) is 81.9 cm³/mol. The first-order chi connectivity index (χ1) is 10.8. The van der Waals surface area contributed by atoms with Gasteiger partial charge in [-0.2, -0.15) is 10.1 Å². The molecule has 1 saturated carbocycles. The molecule has 2 aromatic heterocycles. The summed E-state index contributed by atoms with van der Waals surface area (Å²) in [5, 5.41) is 11.8. The zero-order chi connectivity index (χ0) is 14.9. The summed E-state index contributed by atoms with van der Waals surface area (Å²) < 4.78 is 7.20. The molecule has 1 aliphatic carbocycles. The van der Waals surface area contributed by atoms with Crippen LogP contribution in [0.5, 0.6) is 0 Å². The molecule has 6 nitrogen and oxygen atoms in total. The largest absolute Gasteiger partial charge is 0.374 e. The van der Waals surface area contributed by atoms with Crippen LogP contribution in [-0.2, 0) is 6.54 Å². The normalized spacial score (nSPS) is 14.2. The van der Waals surface area contributed by atoms with E-state index >= 15 is 0 Å². The molecule has 0 radical (unpaired) electrons. The van der Waals surface area contributed by atoms with Crippen LogP contribution in [0.25, 0.3) is 5.69 Å². The lowest BCUT2D eigenvalue weighted by molar-refractivity contribution is 0.378. The standard InChI is InChI=1S/C16H17N5O/c1-11-8-9-18-21(11)14-5-3-2-4-13(14)17-10-15-19-16(20-22-15)12-6-7-12/h2-5,8-9,12,17H,6-7,10H2,1H3. The lowest BCUT2D eigenvalue weighted by atomic mass is 10.2. The van der Waals surface area contributed by atoms with Gasteiger partial charge in [0.1, 0.15) is 0 Å². The van der Waals surface area contributed by atoms with Crippen molar-refractivity contribution in [1.29, 1.82) is 0 Å². The van der Waals surface area contributed by atoms with Gasteiger partial charge in [-0.15, -0.1) is 0 Å². The Bertz CT molecular complexity index is 787. The first-order valence-electron chi connectivity index (χ1n) is 7.47. The second-order valence-corrected chi connectivity index (χ2v) is 5.58. The van der Waals surface area contributed by atoms with Crippen molar-refractivity contribution >= 4 is 5.69 Å². The van der Waals surface area contributed by atoms with Gasteiger partial charge in [-0.1, -0.05) is 17.3 Å². The maximum Gasteiger partial charge on any atom is 0.245 e. The Labute approximate surface area is 128 Å². The minimum atomic E-state index is 0.511. The maximum absolute atomic E-state index is 5.30. The van der Waals surface area contributed by atoms with Gasteiger partial charge in [-0.3, -0.25) is 0 Å².